The molecule has 0 spiro atoms. The summed E-state index contributed by atoms with van der Waals surface area (Å²) in [6, 6.07) is 23.9. The van der Waals surface area contributed by atoms with Gasteiger partial charge in [-0.3, -0.25) is 4.79 Å². The fourth-order valence-electron chi connectivity index (χ4n) is 3.17. The van der Waals surface area contributed by atoms with Gasteiger partial charge in [-0.15, -0.1) is 0 Å². The Kier molecular flexibility index (Phi) is 5.48. The standard InChI is InChI=1S/C24H20N2O4/c1-26-15-19(18-11-5-7-13-21(18)26)24(28)29-16-23(27)25-20-12-6-8-14-22(20)30-17-9-3-2-4-10-17/h2-15H,16H2,1H3,(H,25,27). The summed E-state index contributed by atoms with van der Waals surface area (Å²) in [6.45, 7) is -0.401. The number of nitrogens with zero attached hydrogens (tertiary/aromatic N) is 1. The highest BCUT2D eigenvalue weighted by atomic mass is 16.5. The molecule has 0 saturated heterocycles. The van der Waals surface area contributed by atoms with E-state index >= 15 is 0 Å². The Morgan fingerprint density at radius 1 is 0.900 bits per heavy atom. The molecule has 6 heteroatoms. The van der Waals surface area contributed by atoms with Gasteiger partial charge in [-0.05, 0) is 30.3 Å². The Bertz CT molecular complexity index is 1200. The number of anilines is 1. The maximum Gasteiger partial charge on any atom is 0.340 e. The molecule has 1 heterocycles. The molecule has 0 bridgehead atoms. The lowest BCUT2D eigenvalue weighted by Gasteiger charge is -2.12. The first kappa shape index (κ1) is 19.3. The van der Waals surface area contributed by atoms with Crippen LogP contribution in [-0.2, 0) is 16.6 Å². The zero-order valence-electron chi connectivity index (χ0n) is 16.4. The summed E-state index contributed by atoms with van der Waals surface area (Å²) in [4.78, 5) is 24.9. The highest BCUT2D eigenvalue weighted by molar-refractivity contribution is 6.05. The number of carbonyl (C=O) groups is 2. The van der Waals surface area contributed by atoms with Crippen LogP contribution >= 0.6 is 0 Å². The number of para-hydroxylation sites is 4. The average Bonchev–Trinajstić information content (AvgIpc) is 3.11. The molecule has 0 aliphatic rings. The van der Waals surface area contributed by atoms with Gasteiger partial charge in [-0.25, -0.2) is 4.79 Å². The zero-order valence-corrected chi connectivity index (χ0v) is 16.4. The molecule has 1 N–H and O–H groups in total. The van der Waals surface area contributed by atoms with E-state index in [2.05, 4.69) is 5.32 Å². The van der Waals surface area contributed by atoms with Crippen LogP contribution in [-0.4, -0.2) is 23.1 Å². The molecule has 0 radical (unpaired) electrons. The second-order valence-corrected chi connectivity index (χ2v) is 6.71. The van der Waals surface area contributed by atoms with Gasteiger partial charge in [0.25, 0.3) is 5.91 Å². The molecule has 3 aromatic carbocycles. The number of rotatable bonds is 6. The molecule has 30 heavy (non-hydrogen) atoms. The first-order valence-corrected chi connectivity index (χ1v) is 9.45. The molecule has 0 aliphatic heterocycles. The highest BCUT2D eigenvalue weighted by Gasteiger charge is 2.17. The Morgan fingerprint density at radius 2 is 1.60 bits per heavy atom. The van der Waals surface area contributed by atoms with Gasteiger partial charge in [0.1, 0.15) is 5.75 Å². The van der Waals surface area contributed by atoms with Crippen LogP contribution in [0.4, 0.5) is 5.69 Å². The molecule has 150 valence electrons. The highest BCUT2D eigenvalue weighted by Crippen LogP contribution is 2.29. The summed E-state index contributed by atoms with van der Waals surface area (Å²) >= 11 is 0. The monoisotopic (exact) mass is 400 g/mol. The van der Waals surface area contributed by atoms with E-state index in [0.717, 1.165) is 10.9 Å². The zero-order chi connectivity index (χ0) is 20.9. The number of benzene rings is 3. The van der Waals surface area contributed by atoms with E-state index < -0.39 is 18.5 Å². The summed E-state index contributed by atoms with van der Waals surface area (Å²) in [5.41, 5.74) is 1.84. The van der Waals surface area contributed by atoms with Crippen molar-refractivity contribution in [3.05, 3.63) is 90.6 Å². The third-order valence-electron chi connectivity index (χ3n) is 4.58. The molecule has 4 rings (SSSR count). The summed E-state index contributed by atoms with van der Waals surface area (Å²) in [5, 5.41) is 3.52. The second-order valence-electron chi connectivity index (χ2n) is 6.71. The van der Waals surface area contributed by atoms with Gasteiger partial charge in [-0.1, -0.05) is 48.5 Å². The number of amides is 1. The predicted molar refractivity (Wildman–Crippen MR) is 115 cm³/mol. The van der Waals surface area contributed by atoms with Crippen LogP contribution in [0.2, 0.25) is 0 Å². The van der Waals surface area contributed by atoms with Crippen molar-refractivity contribution in [2.75, 3.05) is 11.9 Å². The van der Waals surface area contributed by atoms with Gasteiger partial charge in [0.15, 0.2) is 12.4 Å². The van der Waals surface area contributed by atoms with Crippen molar-refractivity contribution >= 4 is 28.5 Å². The fraction of sp³-hybridized carbons (Fsp3) is 0.0833. The third kappa shape index (κ3) is 4.17. The van der Waals surface area contributed by atoms with Crippen LogP contribution in [0.1, 0.15) is 10.4 Å². The summed E-state index contributed by atoms with van der Waals surface area (Å²) < 4.78 is 12.9. The van der Waals surface area contributed by atoms with Gasteiger partial charge >= 0.3 is 5.97 Å². The Labute approximate surface area is 173 Å². The SMILES string of the molecule is Cn1cc(C(=O)OCC(=O)Nc2ccccc2Oc2ccccc2)c2ccccc21. The lowest BCUT2D eigenvalue weighted by Crippen LogP contribution is -2.21. The first-order valence-electron chi connectivity index (χ1n) is 9.45. The molecule has 6 nitrogen and oxygen atoms in total. The second kappa shape index (κ2) is 8.53. The first-order chi connectivity index (χ1) is 14.6. The van der Waals surface area contributed by atoms with E-state index in [0.29, 0.717) is 22.7 Å². The number of aryl methyl sites for hydroxylation is 1. The third-order valence-corrected chi connectivity index (χ3v) is 4.58. The van der Waals surface area contributed by atoms with E-state index in [1.807, 2.05) is 72.3 Å². The number of esters is 1. The van der Waals surface area contributed by atoms with E-state index in [-0.39, 0.29) is 0 Å². The predicted octanol–water partition coefficient (Wildman–Crippen LogP) is 4.77. The minimum atomic E-state index is -0.546. The lowest BCUT2D eigenvalue weighted by molar-refractivity contribution is -0.119. The van der Waals surface area contributed by atoms with Crippen molar-refractivity contribution < 1.29 is 19.1 Å². The molecule has 4 aromatic rings. The fourth-order valence-corrected chi connectivity index (χ4v) is 3.17. The number of fused-ring (bicyclic) bond motifs is 1. The maximum absolute atomic E-state index is 12.5. The van der Waals surface area contributed by atoms with Gasteiger partial charge in [-0.2, -0.15) is 0 Å². The molecule has 0 atom stereocenters. The number of ether oxygens (including phenoxy) is 2. The molecule has 1 amide bonds. The lowest BCUT2D eigenvalue weighted by atomic mass is 10.2. The Hall–Kier alpha value is -4.06. The molecule has 0 saturated carbocycles. The van der Waals surface area contributed by atoms with Crippen molar-refractivity contribution in [2.24, 2.45) is 7.05 Å². The van der Waals surface area contributed by atoms with Crippen LogP contribution in [0.25, 0.3) is 10.9 Å². The van der Waals surface area contributed by atoms with Gasteiger partial charge < -0.3 is 19.4 Å². The Balaban J connectivity index is 1.41. The number of hydrogen-bond acceptors (Lipinski definition) is 4. The minimum Gasteiger partial charge on any atom is -0.455 e. The van der Waals surface area contributed by atoms with Gasteiger partial charge in [0.2, 0.25) is 0 Å². The topological polar surface area (TPSA) is 69.6 Å². The molecule has 1 aromatic heterocycles. The molecule has 0 aliphatic carbocycles. The minimum absolute atomic E-state index is 0.401. The van der Waals surface area contributed by atoms with Crippen molar-refractivity contribution in [2.45, 2.75) is 0 Å². The van der Waals surface area contributed by atoms with Crippen LogP contribution in [0, 0.1) is 0 Å². The number of nitrogens with one attached hydrogen (secondary N) is 1. The van der Waals surface area contributed by atoms with Crippen molar-refractivity contribution in [3.63, 3.8) is 0 Å². The molecule has 0 fully saturated rings. The number of carbonyl (C=O) groups excluding carboxylic acids is 2. The summed E-state index contributed by atoms with van der Waals surface area (Å²) in [6.07, 6.45) is 1.70. The van der Waals surface area contributed by atoms with Gasteiger partial charge in [0.05, 0.1) is 11.3 Å². The summed E-state index contributed by atoms with van der Waals surface area (Å²) in [5.74, 6) is 0.155. The number of aromatic nitrogens is 1. The van der Waals surface area contributed by atoms with E-state index in [4.69, 9.17) is 9.47 Å². The Morgan fingerprint density at radius 3 is 2.43 bits per heavy atom. The van der Waals surface area contributed by atoms with E-state index in [1.165, 1.54) is 0 Å². The normalized spacial score (nSPS) is 10.6. The van der Waals surface area contributed by atoms with Crippen LogP contribution < -0.4 is 10.1 Å². The van der Waals surface area contributed by atoms with Crippen molar-refractivity contribution in [1.29, 1.82) is 0 Å². The molecule has 0 unspecified atom stereocenters. The average molecular weight is 400 g/mol. The molecular weight excluding hydrogens is 380 g/mol. The van der Waals surface area contributed by atoms with Crippen LogP contribution in [0.15, 0.2) is 85.1 Å². The van der Waals surface area contributed by atoms with E-state index in [9.17, 15) is 9.59 Å². The maximum atomic E-state index is 12.5. The van der Waals surface area contributed by atoms with E-state index in [1.54, 1.807) is 24.4 Å². The van der Waals surface area contributed by atoms with Crippen LogP contribution in [0.5, 0.6) is 11.5 Å². The quantitative estimate of drug-likeness (QED) is 0.474. The largest absolute Gasteiger partial charge is 0.455 e. The number of hydrogen-bond donors (Lipinski definition) is 1. The van der Waals surface area contributed by atoms with Crippen molar-refractivity contribution in [3.8, 4) is 11.5 Å². The van der Waals surface area contributed by atoms with Crippen molar-refractivity contribution in [1.82, 2.24) is 4.57 Å². The van der Waals surface area contributed by atoms with Gasteiger partial charge in [0, 0.05) is 24.1 Å². The summed E-state index contributed by atoms with van der Waals surface area (Å²) in [7, 11) is 1.86. The van der Waals surface area contributed by atoms with Crippen LogP contribution in [0.3, 0.4) is 0 Å². The molecular formula is C24H20N2O4. The smallest absolute Gasteiger partial charge is 0.340 e.